The average molecular weight is 346 g/mol. The number of hydrogen-bond donors (Lipinski definition) is 1. The first-order valence-corrected chi connectivity index (χ1v) is 9.16. The summed E-state index contributed by atoms with van der Waals surface area (Å²) in [4.78, 5) is 16.6. The second-order valence-corrected chi connectivity index (χ2v) is 6.73. The maximum atomic E-state index is 12.1. The van der Waals surface area contributed by atoms with Crippen LogP contribution in [0.5, 0.6) is 11.5 Å². The van der Waals surface area contributed by atoms with Gasteiger partial charge in [-0.2, -0.15) is 0 Å². The topological polar surface area (TPSA) is 60.5 Å². The van der Waals surface area contributed by atoms with E-state index >= 15 is 0 Å². The summed E-state index contributed by atoms with van der Waals surface area (Å²) in [5.74, 6) is 2.23. The largest absolute Gasteiger partial charge is 0.494 e. The number of amides is 1. The zero-order valence-electron chi connectivity index (χ0n) is 14.2. The van der Waals surface area contributed by atoms with Crippen LogP contribution >= 0.6 is 11.3 Å². The molecule has 0 saturated heterocycles. The van der Waals surface area contributed by atoms with E-state index in [1.165, 1.54) is 11.3 Å². The summed E-state index contributed by atoms with van der Waals surface area (Å²) < 4.78 is 11.3. The highest BCUT2D eigenvalue weighted by molar-refractivity contribution is 7.14. The molecular weight excluding hydrogens is 324 g/mol. The molecule has 0 spiro atoms. The summed E-state index contributed by atoms with van der Waals surface area (Å²) in [6.45, 7) is 7.17. The summed E-state index contributed by atoms with van der Waals surface area (Å²) in [5, 5.41) is 5.47. The third-order valence-electron chi connectivity index (χ3n) is 4.02. The lowest BCUT2D eigenvalue weighted by Crippen LogP contribution is -2.14. The Bertz CT molecular complexity index is 729. The molecule has 3 rings (SSSR count). The van der Waals surface area contributed by atoms with Crippen LogP contribution in [0.25, 0.3) is 11.3 Å². The molecule has 2 unspecified atom stereocenters. The third-order valence-corrected chi connectivity index (χ3v) is 4.78. The minimum Gasteiger partial charge on any atom is -0.494 e. The van der Waals surface area contributed by atoms with Gasteiger partial charge in [0.1, 0.15) is 11.5 Å². The molecule has 1 heterocycles. The van der Waals surface area contributed by atoms with Crippen molar-refractivity contribution in [3.05, 3.63) is 23.6 Å². The summed E-state index contributed by atoms with van der Waals surface area (Å²) in [6.07, 6.45) is 0.967. The number of rotatable bonds is 7. The van der Waals surface area contributed by atoms with E-state index in [4.69, 9.17) is 9.47 Å². The summed E-state index contributed by atoms with van der Waals surface area (Å²) in [5.41, 5.74) is 1.66. The standard InChI is InChI=1S/C18H22N2O3S/c1-4-22-12-6-7-16(23-5-2)14(9-12)15-10-24-18(19-15)20-17(21)13-8-11(13)3/h6-7,9-11,13H,4-5,8H2,1-3H3,(H,19,20,21). The highest BCUT2D eigenvalue weighted by atomic mass is 32.1. The molecule has 1 aromatic carbocycles. The average Bonchev–Trinajstić information content (AvgIpc) is 3.12. The van der Waals surface area contributed by atoms with Gasteiger partial charge in [-0.1, -0.05) is 6.92 Å². The minimum absolute atomic E-state index is 0.0662. The van der Waals surface area contributed by atoms with Crippen LogP contribution in [0.4, 0.5) is 5.13 Å². The molecule has 1 N–H and O–H groups in total. The van der Waals surface area contributed by atoms with Crippen molar-refractivity contribution in [1.82, 2.24) is 4.98 Å². The molecule has 0 aliphatic heterocycles. The van der Waals surface area contributed by atoms with Gasteiger partial charge in [-0.15, -0.1) is 11.3 Å². The van der Waals surface area contributed by atoms with Gasteiger partial charge in [0.15, 0.2) is 5.13 Å². The fraction of sp³-hybridized carbons (Fsp3) is 0.444. The van der Waals surface area contributed by atoms with Crippen LogP contribution < -0.4 is 14.8 Å². The molecule has 128 valence electrons. The molecule has 1 aliphatic carbocycles. The number of anilines is 1. The second kappa shape index (κ2) is 7.21. The molecule has 5 nitrogen and oxygen atoms in total. The Labute approximate surface area is 146 Å². The quantitative estimate of drug-likeness (QED) is 0.816. The van der Waals surface area contributed by atoms with Gasteiger partial charge in [0, 0.05) is 16.9 Å². The first-order chi connectivity index (χ1) is 11.6. The molecule has 1 fully saturated rings. The number of nitrogens with zero attached hydrogens (tertiary/aromatic N) is 1. The Kier molecular flexibility index (Phi) is 5.04. The zero-order valence-corrected chi connectivity index (χ0v) is 15.0. The van der Waals surface area contributed by atoms with Crippen LogP contribution in [-0.2, 0) is 4.79 Å². The Morgan fingerprint density at radius 2 is 2.08 bits per heavy atom. The van der Waals surface area contributed by atoms with Crippen LogP contribution in [0.1, 0.15) is 27.2 Å². The molecule has 2 atom stereocenters. The van der Waals surface area contributed by atoms with Crippen LogP contribution in [0.3, 0.4) is 0 Å². The zero-order chi connectivity index (χ0) is 17.1. The number of benzene rings is 1. The molecule has 1 amide bonds. The van der Waals surface area contributed by atoms with E-state index in [-0.39, 0.29) is 11.8 Å². The minimum atomic E-state index is 0.0662. The molecule has 1 saturated carbocycles. The van der Waals surface area contributed by atoms with Crippen molar-refractivity contribution in [1.29, 1.82) is 0 Å². The molecule has 0 bridgehead atoms. The lowest BCUT2D eigenvalue weighted by atomic mass is 10.1. The van der Waals surface area contributed by atoms with Gasteiger partial charge < -0.3 is 14.8 Å². The van der Waals surface area contributed by atoms with E-state index in [1.807, 2.05) is 37.4 Å². The van der Waals surface area contributed by atoms with Crippen molar-refractivity contribution in [2.45, 2.75) is 27.2 Å². The Morgan fingerprint density at radius 3 is 2.75 bits per heavy atom. The Morgan fingerprint density at radius 1 is 1.33 bits per heavy atom. The SMILES string of the molecule is CCOc1ccc(OCC)c(-c2csc(NC(=O)C3CC3C)n2)c1. The molecule has 24 heavy (non-hydrogen) atoms. The van der Waals surface area contributed by atoms with Crippen molar-refractivity contribution in [2.24, 2.45) is 11.8 Å². The van der Waals surface area contributed by atoms with Crippen molar-refractivity contribution < 1.29 is 14.3 Å². The van der Waals surface area contributed by atoms with E-state index in [2.05, 4.69) is 17.2 Å². The first-order valence-electron chi connectivity index (χ1n) is 8.28. The van der Waals surface area contributed by atoms with Gasteiger partial charge >= 0.3 is 0 Å². The molecule has 0 radical (unpaired) electrons. The fourth-order valence-corrected chi connectivity index (χ4v) is 3.30. The summed E-state index contributed by atoms with van der Waals surface area (Å²) in [7, 11) is 0. The molecule has 1 aliphatic rings. The van der Waals surface area contributed by atoms with E-state index in [1.54, 1.807) is 0 Å². The van der Waals surface area contributed by atoms with Crippen molar-refractivity contribution in [3.8, 4) is 22.8 Å². The predicted octanol–water partition coefficient (Wildman–Crippen LogP) is 4.20. The molecule has 2 aromatic rings. The number of carbonyl (C=O) groups is 1. The van der Waals surface area contributed by atoms with Gasteiger partial charge in [-0.25, -0.2) is 4.98 Å². The molecular formula is C18H22N2O3S. The third kappa shape index (κ3) is 3.70. The second-order valence-electron chi connectivity index (χ2n) is 5.87. The first kappa shape index (κ1) is 16.8. The van der Waals surface area contributed by atoms with Gasteiger partial charge in [-0.3, -0.25) is 4.79 Å². The summed E-state index contributed by atoms with van der Waals surface area (Å²) in [6, 6.07) is 5.72. The maximum absolute atomic E-state index is 12.1. The number of thiazole rings is 1. The number of hydrogen-bond acceptors (Lipinski definition) is 5. The van der Waals surface area contributed by atoms with Gasteiger partial charge in [-0.05, 0) is 44.4 Å². The maximum Gasteiger partial charge on any atom is 0.229 e. The lowest BCUT2D eigenvalue weighted by Gasteiger charge is -2.11. The monoisotopic (exact) mass is 346 g/mol. The van der Waals surface area contributed by atoms with E-state index in [0.717, 1.165) is 29.2 Å². The van der Waals surface area contributed by atoms with Gasteiger partial charge in [0.2, 0.25) is 5.91 Å². The van der Waals surface area contributed by atoms with Gasteiger partial charge in [0.25, 0.3) is 0 Å². The van der Waals surface area contributed by atoms with E-state index < -0.39 is 0 Å². The van der Waals surface area contributed by atoms with Crippen molar-refractivity contribution >= 4 is 22.4 Å². The predicted molar refractivity (Wildman–Crippen MR) is 95.8 cm³/mol. The van der Waals surface area contributed by atoms with Crippen LogP contribution in [0.15, 0.2) is 23.6 Å². The van der Waals surface area contributed by atoms with Crippen LogP contribution in [-0.4, -0.2) is 24.1 Å². The Hall–Kier alpha value is -2.08. The van der Waals surface area contributed by atoms with Gasteiger partial charge in [0.05, 0.1) is 18.9 Å². The smallest absolute Gasteiger partial charge is 0.229 e. The van der Waals surface area contributed by atoms with Crippen molar-refractivity contribution in [3.63, 3.8) is 0 Å². The number of ether oxygens (including phenoxy) is 2. The normalized spacial score (nSPS) is 19.0. The molecule has 6 heteroatoms. The van der Waals surface area contributed by atoms with E-state index in [0.29, 0.717) is 24.3 Å². The van der Waals surface area contributed by atoms with E-state index in [9.17, 15) is 4.79 Å². The number of nitrogens with one attached hydrogen (secondary N) is 1. The summed E-state index contributed by atoms with van der Waals surface area (Å²) >= 11 is 1.43. The number of carbonyl (C=O) groups excluding carboxylic acids is 1. The fourth-order valence-electron chi connectivity index (χ4n) is 2.59. The highest BCUT2D eigenvalue weighted by Crippen LogP contribution is 2.39. The van der Waals surface area contributed by atoms with Crippen LogP contribution in [0.2, 0.25) is 0 Å². The number of aromatic nitrogens is 1. The lowest BCUT2D eigenvalue weighted by molar-refractivity contribution is -0.117. The highest BCUT2D eigenvalue weighted by Gasteiger charge is 2.39. The van der Waals surface area contributed by atoms with Crippen LogP contribution in [0, 0.1) is 11.8 Å². The van der Waals surface area contributed by atoms with Crippen molar-refractivity contribution in [2.75, 3.05) is 18.5 Å². The Balaban J connectivity index is 1.82. The molecule has 1 aromatic heterocycles.